The SMILES string of the molecule is CSCCC(N)C(=O)NC(Cc1ccc(O)cc1)C(=O)NCC(=O)NC(CO)C(=O)O. The van der Waals surface area contributed by atoms with E-state index in [2.05, 4.69) is 16.0 Å². The largest absolute Gasteiger partial charge is 0.508 e. The van der Waals surface area contributed by atoms with Crippen molar-refractivity contribution in [1.82, 2.24) is 16.0 Å². The second-order valence-corrected chi connectivity index (χ2v) is 7.66. The summed E-state index contributed by atoms with van der Waals surface area (Å²) in [5.74, 6) is -2.73. The van der Waals surface area contributed by atoms with Crippen molar-refractivity contribution >= 4 is 35.5 Å². The molecular weight excluding hydrogens is 428 g/mol. The number of carboxylic acids is 1. The Morgan fingerprint density at radius 2 is 1.71 bits per heavy atom. The Hall–Kier alpha value is -2.83. The molecule has 0 saturated carbocycles. The first-order chi connectivity index (χ1) is 14.7. The van der Waals surface area contributed by atoms with Gasteiger partial charge in [0.2, 0.25) is 17.7 Å². The van der Waals surface area contributed by atoms with Crippen LogP contribution in [0.4, 0.5) is 0 Å². The van der Waals surface area contributed by atoms with Crippen molar-refractivity contribution in [3.05, 3.63) is 29.8 Å². The quantitative estimate of drug-likeness (QED) is 0.179. The first-order valence-corrected chi connectivity index (χ1v) is 10.8. The number of aliphatic carboxylic acids is 1. The number of phenolic OH excluding ortho intramolecular Hbond substituents is 1. The summed E-state index contributed by atoms with van der Waals surface area (Å²) in [6, 6.07) is 2.67. The average Bonchev–Trinajstić information content (AvgIpc) is 2.74. The van der Waals surface area contributed by atoms with E-state index in [-0.39, 0.29) is 12.2 Å². The minimum Gasteiger partial charge on any atom is -0.508 e. The van der Waals surface area contributed by atoms with E-state index in [0.29, 0.717) is 17.7 Å². The molecule has 0 fully saturated rings. The summed E-state index contributed by atoms with van der Waals surface area (Å²) in [6.07, 6.45) is 2.37. The molecule has 11 nitrogen and oxygen atoms in total. The van der Waals surface area contributed by atoms with Crippen LogP contribution in [-0.4, -0.2) is 82.3 Å². The van der Waals surface area contributed by atoms with Crippen LogP contribution < -0.4 is 21.7 Å². The van der Waals surface area contributed by atoms with E-state index in [9.17, 15) is 24.3 Å². The summed E-state index contributed by atoms with van der Waals surface area (Å²) in [6.45, 7) is -1.36. The lowest BCUT2D eigenvalue weighted by molar-refractivity contribution is -0.142. The third-order valence-electron chi connectivity index (χ3n) is 4.22. The number of hydrogen-bond acceptors (Lipinski definition) is 8. The highest BCUT2D eigenvalue weighted by Crippen LogP contribution is 2.12. The second-order valence-electron chi connectivity index (χ2n) is 6.68. The molecule has 3 atom stereocenters. The molecule has 0 saturated heterocycles. The van der Waals surface area contributed by atoms with Crippen molar-refractivity contribution in [2.75, 3.05) is 25.2 Å². The number of thioether (sulfide) groups is 1. The number of carbonyl (C=O) groups excluding carboxylic acids is 3. The van der Waals surface area contributed by atoms with Crippen molar-refractivity contribution in [2.45, 2.75) is 31.0 Å². The number of carboxylic acid groups (broad SMARTS) is 1. The van der Waals surface area contributed by atoms with Crippen molar-refractivity contribution in [3.8, 4) is 5.75 Å². The number of aliphatic hydroxyl groups excluding tert-OH is 1. The summed E-state index contributed by atoms with van der Waals surface area (Å²) in [5, 5.41) is 34.2. The maximum atomic E-state index is 12.6. The summed E-state index contributed by atoms with van der Waals surface area (Å²) in [7, 11) is 0. The number of phenols is 1. The molecule has 172 valence electrons. The lowest BCUT2D eigenvalue weighted by Gasteiger charge is -2.21. The Bertz CT molecular complexity index is 760. The van der Waals surface area contributed by atoms with E-state index >= 15 is 0 Å². The first-order valence-electron chi connectivity index (χ1n) is 9.41. The molecule has 0 spiro atoms. The molecule has 3 unspecified atom stereocenters. The van der Waals surface area contributed by atoms with Gasteiger partial charge in [-0.25, -0.2) is 4.79 Å². The predicted octanol–water partition coefficient (Wildman–Crippen LogP) is -1.82. The number of amides is 3. The second kappa shape index (κ2) is 13.5. The number of aliphatic hydroxyl groups is 1. The lowest BCUT2D eigenvalue weighted by atomic mass is 10.0. The summed E-state index contributed by atoms with van der Waals surface area (Å²) in [4.78, 5) is 47.7. The third kappa shape index (κ3) is 9.68. The number of nitrogens with one attached hydrogen (secondary N) is 3. The Kier molecular flexibility index (Phi) is 11.4. The zero-order chi connectivity index (χ0) is 23.4. The topological polar surface area (TPSA) is 191 Å². The highest BCUT2D eigenvalue weighted by atomic mass is 32.2. The minimum absolute atomic E-state index is 0.0430. The molecule has 3 amide bonds. The maximum Gasteiger partial charge on any atom is 0.328 e. The van der Waals surface area contributed by atoms with Gasteiger partial charge >= 0.3 is 5.97 Å². The van der Waals surface area contributed by atoms with Crippen LogP contribution in [0.2, 0.25) is 0 Å². The molecule has 0 aliphatic heterocycles. The van der Waals surface area contributed by atoms with Crippen LogP contribution in [0.3, 0.4) is 0 Å². The molecule has 1 rings (SSSR count). The summed E-state index contributed by atoms with van der Waals surface area (Å²) >= 11 is 1.53. The van der Waals surface area contributed by atoms with Gasteiger partial charge in [-0.15, -0.1) is 0 Å². The van der Waals surface area contributed by atoms with Crippen LogP contribution in [0.25, 0.3) is 0 Å². The number of aromatic hydroxyl groups is 1. The van der Waals surface area contributed by atoms with Gasteiger partial charge in [0.05, 0.1) is 19.2 Å². The smallest absolute Gasteiger partial charge is 0.328 e. The molecule has 8 N–H and O–H groups in total. The van der Waals surface area contributed by atoms with Crippen LogP contribution in [-0.2, 0) is 25.6 Å². The Labute approximate surface area is 183 Å². The molecule has 0 aliphatic carbocycles. The van der Waals surface area contributed by atoms with Crippen molar-refractivity contribution in [1.29, 1.82) is 0 Å². The molecule has 1 aromatic rings. The van der Waals surface area contributed by atoms with Crippen molar-refractivity contribution in [3.63, 3.8) is 0 Å². The van der Waals surface area contributed by atoms with Gasteiger partial charge < -0.3 is 37.0 Å². The van der Waals surface area contributed by atoms with Crippen LogP contribution in [0, 0.1) is 0 Å². The Morgan fingerprint density at radius 3 is 2.26 bits per heavy atom. The third-order valence-corrected chi connectivity index (χ3v) is 4.86. The van der Waals surface area contributed by atoms with E-state index < -0.39 is 55.0 Å². The molecule has 0 aliphatic rings. The molecular formula is C19H28N4O7S. The van der Waals surface area contributed by atoms with Gasteiger partial charge in [0, 0.05) is 6.42 Å². The van der Waals surface area contributed by atoms with Crippen molar-refractivity contribution in [2.24, 2.45) is 5.73 Å². The molecule has 0 heterocycles. The normalized spacial score (nSPS) is 13.5. The molecule has 12 heteroatoms. The fourth-order valence-corrected chi connectivity index (χ4v) is 2.94. The van der Waals surface area contributed by atoms with Gasteiger partial charge in [-0.3, -0.25) is 14.4 Å². The Morgan fingerprint density at radius 1 is 1.06 bits per heavy atom. The predicted molar refractivity (Wildman–Crippen MR) is 114 cm³/mol. The van der Waals surface area contributed by atoms with E-state index in [0.717, 1.165) is 0 Å². The van der Waals surface area contributed by atoms with Gasteiger partial charge in [0.1, 0.15) is 17.8 Å². The first kappa shape index (κ1) is 26.2. The number of carbonyl (C=O) groups is 4. The number of rotatable bonds is 13. The number of nitrogens with two attached hydrogens (primary N) is 1. The molecule has 0 radical (unpaired) electrons. The zero-order valence-corrected chi connectivity index (χ0v) is 17.9. The number of hydrogen-bond donors (Lipinski definition) is 7. The van der Waals surface area contributed by atoms with E-state index in [1.54, 1.807) is 12.1 Å². The van der Waals surface area contributed by atoms with Gasteiger partial charge in [0.15, 0.2) is 0 Å². The van der Waals surface area contributed by atoms with Crippen LogP contribution in [0.5, 0.6) is 5.75 Å². The van der Waals surface area contributed by atoms with Gasteiger partial charge in [-0.2, -0.15) is 11.8 Å². The monoisotopic (exact) mass is 456 g/mol. The van der Waals surface area contributed by atoms with Crippen LogP contribution >= 0.6 is 11.8 Å². The zero-order valence-electron chi connectivity index (χ0n) is 17.0. The fourth-order valence-electron chi connectivity index (χ4n) is 2.45. The van der Waals surface area contributed by atoms with Crippen LogP contribution in [0.1, 0.15) is 12.0 Å². The number of benzene rings is 1. The maximum absolute atomic E-state index is 12.6. The van der Waals surface area contributed by atoms with E-state index in [1.807, 2.05) is 6.26 Å². The molecule has 0 bridgehead atoms. The van der Waals surface area contributed by atoms with Gasteiger partial charge in [-0.05, 0) is 36.1 Å². The van der Waals surface area contributed by atoms with E-state index in [4.69, 9.17) is 15.9 Å². The van der Waals surface area contributed by atoms with Gasteiger partial charge in [-0.1, -0.05) is 12.1 Å². The molecule has 1 aromatic carbocycles. The summed E-state index contributed by atoms with van der Waals surface area (Å²) < 4.78 is 0. The molecule has 0 aromatic heterocycles. The van der Waals surface area contributed by atoms with Crippen LogP contribution in [0.15, 0.2) is 24.3 Å². The minimum atomic E-state index is -1.49. The lowest BCUT2D eigenvalue weighted by Crippen LogP contribution is -2.54. The average molecular weight is 457 g/mol. The van der Waals surface area contributed by atoms with Crippen molar-refractivity contribution < 1.29 is 34.5 Å². The fraction of sp³-hybridized carbons (Fsp3) is 0.474. The molecule has 31 heavy (non-hydrogen) atoms. The Balaban J connectivity index is 2.80. The summed E-state index contributed by atoms with van der Waals surface area (Å²) in [5.41, 5.74) is 6.50. The highest BCUT2D eigenvalue weighted by Gasteiger charge is 2.25. The standard InChI is InChI=1S/C19H28N4O7S/c1-31-7-6-13(20)17(27)23-14(8-11-2-4-12(25)5-3-11)18(28)21-9-16(26)22-15(10-24)19(29)30/h2-5,13-15,24-25H,6-10,20H2,1H3,(H,21,28)(H,22,26)(H,23,27)(H,29,30). The highest BCUT2D eigenvalue weighted by molar-refractivity contribution is 7.98. The van der Waals surface area contributed by atoms with E-state index in [1.165, 1.54) is 23.9 Å². The van der Waals surface area contributed by atoms with Gasteiger partial charge in [0.25, 0.3) is 0 Å².